The zero-order chi connectivity index (χ0) is 12.9. The van der Waals surface area contributed by atoms with E-state index < -0.39 is 9.84 Å². The Bertz CT molecular complexity index is 303. The van der Waals surface area contributed by atoms with Crippen LogP contribution in [-0.4, -0.2) is 32.5 Å². The van der Waals surface area contributed by atoms with E-state index >= 15 is 0 Å². The molecule has 1 rings (SSSR count). The predicted octanol–water partition coefficient (Wildman–Crippen LogP) is 2.23. The fraction of sp³-hybridized carbons (Fsp3) is 1.00. The third-order valence-electron chi connectivity index (χ3n) is 3.45. The molecular formula is C13H27NO2S. The first-order valence-corrected chi connectivity index (χ1v) is 8.65. The van der Waals surface area contributed by atoms with E-state index in [1.807, 2.05) is 13.8 Å². The van der Waals surface area contributed by atoms with Gasteiger partial charge < -0.3 is 5.32 Å². The molecule has 0 aromatic heterocycles. The average molecular weight is 261 g/mol. The molecule has 0 radical (unpaired) electrons. The van der Waals surface area contributed by atoms with E-state index in [4.69, 9.17) is 0 Å². The number of hydrogen-bond acceptors (Lipinski definition) is 3. The van der Waals surface area contributed by atoms with Crippen LogP contribution < -0.4 is 5.32 Å². The standard InChI is InChI=1S/C13H27NO2S/c1-11(2)10-17(15,16)9-8-14-13-6-4-12(3)5-7-13/h11-14H,4-10H2,1-3H3. The highest BCUT2D eigenvalue weighted by atomic mass is 32.2. The van der Waals surface area contributed by atoms with Gasteiger partial charge in [-0.1, -0.05) is 20.8 Å². The summed E-state index contributed by atoms with van der Waals surface area (Å²) in [6, 6.07) is 0.542. The molecule has 0 aliphatic heterocycles. The first-order chi connectivity index (χ1) is 7.89. The molecule has 0 spiro atoms. The van der Waals surface area contributed by atoms with Crippen LogP contribution in [0.15, 0.2) is 0 Å². The molecule has 4 heteroatoms. The third-order valence-corrected chi connectivity index (χ3v) is 5.45. The molecule has 3 nitrogen and oxygen atoms in total. The van der Waals surface area contributed by atoms with Gasteiger partial charge in [0.15, 0.2) is 9.84 Å². The van der Waals surface area contributed by atoms with Crippen molar-refractivity contribution >= 4 is 9.84 Å². The summed E-state index contributed by atoms with van der Waals surface area (Å²) in [5, 5.41) is 3.39. The van der Waals surface area contributed by atoms with Gasteiger partial charge in [-0.25, -0.2) is 8.42 Å². The molecule has 1 saturated carbocycles. The molecule has 0 amide bonds. The van der Waals surface area contributed by atoms with Crippen LogP contribution in [-0.2, 0) is 9.84 Å². The fourth-order valence-corrected chi connectivity index (χ4v) is 4.09. The molecule has 1 fully saturated rings. The minimum atomic E-state index is -2.85. The maximum absolute atomic E-state index is 11.7. The summed E-state index contributed by atoms with van der Waals surface area (Å²) in [5.41, 5.74) is 0. The summed E-state index contributed by atoms with van der Waals surface area (Å²) >= 11 is 0. The van der Waals surface area contributed by atoms with Gasteiger partial charge in [0.25, 0.3) is 0 Å². The topological polar surface area (TPSA) is 46.2 Å². The van der Waals surface area contributed by atoms with Crippen LogP contribution in [0, 0.1) is 11.8 Å². The Morgan fingerprint density at radius 3 is 2.29 bits per heavy atom. The molecule has 102 valence electrons. The molecule has 0 aromatic rings. The van der Waals surface area contributed by atoms with Gasteiger partial charge >= 0.3 is 0 Å². The van der Waals surface area contributed by atoms with Crippen molar-refractivity contribution in [1.82, 2.24) is 5.32 Å². The van der Waals surface area contributed by atoms with Crippen LogP contribution in [0.3, 0.4) is 0 Å². The summed E-state index contributed by atoms with van der Waals surface area (Å²) in [6.07, 6.45) is 4.95. The second kappa shape index (κ2) is 6.74. The maximum atomic E-state index is 11.7. The van der Waals surface area contributed by atoms with Crippen molar-refractivity contribution in [3.63, 3.8) is 0 Å². The fourth-order valence-electron chi connectivity index (χ4n) is 2.47. The Labute approximate surface area is 106 Å². The summed E-state index contributed by atoms with van der Waals surface area (Å²) in [4.78, 5) is 0. The van der Waals surface area contributed by atoms with Gasteiger partial charge in [-0.15, -0.1) is 0 Å². The second-order valence-corrected chi connectivity index (χ2v) is 8.15. The molecule has 0 saturated heterocycles. The van der Waals surface area contributed by atoms with Crippen molar-refractivity contribution in [1.29, 1.82) is 0 Å². The smallest absolute Gasteiger partial charge is 0.151 e. The molecule has 0 heterocycles. The summed E-state index contributed by atoms with van der Waals surface area (Å²) in [6.45, 7) is 6.82. The van der Waals surface area contributed by atoms with Crippen molar-refractivity contribution in [3.05, 3.63) is 0 Å². The number of rotatable bonds is 6. The molecule has 1 aliphatic carbocycles. The minimum absolute atomic E-state index is 0.232. The first-order valence-electron chi connectivity index (χ1n) is 6.83. The van der Waals surface area contributed by atoms with Crippen LogP contribution in [0.5, 0.6) is 0 Å². The maximum Gasteiger partial charge on any atom is 0.151 e. The molecule has 0 aromatic carbocycles. The Morgan fingerprint density at radius 1 is 1.18 bits per heavy atom. The van der Waals surface area contributed by atoms with Crippen molar-refractivity contribution in [2.45, 2.75) is 52.5 Å². The van der Waals surface area contributed by atoms with Crippen LogP contribution in [0.1, 0.15) is 46.5 Å². The monoisotopic (exact) mass is 261 g/mol. The van der Waals surface area contributed by atoms with E-state index in [1.54, 1.807) is 0 Å². The molecule has 1 N–H and O–H groups in total. The highest BCUT2D eigenvalue weighted by Gasteiger charge is 2.18. The van der Waals surface area contributed by atoms with E-state index in [1.165, 1.54) is 25.7 Å². The molecule has 17 heavy (non-hydrogen) atoms. The van der Waals surface area contributed by atoms with Gasteiger partial charge in [-0.3, -0.25) is 0 Å². The van der Waals surface area contributed by atoms with Crippen molar-refractivity contribution < 1.29 is 8.42 Å². The van der Waals surface area contributed by atoms with Gasteiger partial charge in [-0.05, 0) is 37.5 Å². The Balaban J connectivity index is 2.19. The van der Waals surface area contributed by atoms with E-state index in [-0.39, 0.29) is 11.7 Å². The largest absolute Gasteiger partial charge is 0.313 e. The van der Waals surface area contributed by atoms with Gasteiger partial charge in [0, 0.05) is 12.6 Å². The van der Waals surface area contributed by atoms with Crippen LogP contribution >= 0.6 is 0 Å². The number of sulfone groups is 1. The van der Waals surface area contributed by atoms with Crippen LogP contribution in [0.25, 0.3) is 0 Å². The minimum Gasteiger partial charge on any atom is -0.313 e. The lowest BCUT2D eigenvalue weighted by molar-refractivity contribution is 0.311. The Morgan fingerprint density at radius 2 is 1.76 bits per heavy atom. The van der Waals surface area contributed by atoms with Gasteiger partial charge in [0.05, 0.1) is 11.5 Å². The van der Waals surface area contributed by atoms with Crippen LogP contribution in [0.4, 0.5) is 0 Å². The lowest BCUT2D eigenvalue weighted by Gasteiger charge is -2.27. The lowest BCUT2D eigenvalue weighted by atomic mass is 9.87. The molecule has 0 unspecified atom stereocenters. The molecular weight excluding hydrogens is 234 g/mol. The predicted molar refractivity (Wildman–Crippen MR) is 72.9 cm³/mol. The van der Waals surface area contributed by atoms with Gasteiger partial charge in [0.1, 0.15) is 0 Å². The quantitative estimate of drug-likeness (QED) is 0.797. The van der Waals surface area contributed by atoms with E-state index in [9.17, 15) is 8.42 Å². The number of nitrogens with one attached hydrogen (secondary N) is 1. The van der Waals surface area contributed by atoms with Crippen molar-refractivity contribution in [2.24, 2.45) is 11.8 Å². The second-order valence-electron chi connectivity index (χ2n) is 5.92. The lowest BCUT2D eigenvalue weighted by Crippen LogP contribution is -2.36. The zero-order valence-electron chi connectivity index (χ0n) is 11.4. The summed E-state index contributed by atoms with van der Waals surface area (Å²) in [5.74, 6) is 1.68. The average Bonchev–Trinajstić information content (AvgIpc) is 2.18. The van der Waals surface area contributed by atoms with Crippen LogP contribution in [0.2, 0.25) is 0 Å². The summed E-state index contributed by atoms with van der Waals surface area (Å²) < 4.78 is 23.4. The number of hydrogen-bond donors (Lipinski definition) is 1. The zero-order valence-corrected chi connectivity index (χ0v) is 12.2. The Kier molecular flexibility index (Phi) is 5.93. The SMILES string of the molecule is CC(C)CS(=O)(=O)CCNC1CCC(C)CC1. The van der Waals surface area contributed by atoms with Crippen molar-refractivity contribution in [2.75, 3.05) is 18.1 Å². The van der Waals surface area contributed by atoms with Crippen molar-refractivity contribution in [3.8, 4) is 0 Å². The molecule has 1 aliphatic rings. The van der Waals surface area contributed by atoms with E-state index in [2.05, 4.69) is 12.2 Å². The third kappa shape index (κ3) is 6.41. The van der Waals surface area contributed by atoms with Gasteiger partial charge in [0.2, 0.25) is 0 Å². The van der Waals surface area contributed by atoms with Gasteiger partial charge in [-0.2, -0.15) is 0 Å². The first kappa shape index (κ1) is 15.0. The van der Waals surface area contributed by atoms with E-state index in [0.717, 1.165) is 5.92 Å². The molecule has 0 bridgehead atoms. The summed E-state index contributed by atoms with van der Waals surface area (Å²) in [7, 11) is -2.85. The Hall–Kier alpha value is -0.0900. The molecule has 0 atom stereocenters. The van der Waals surface area contributed by atoms with E-state index in [0.29, 0.717) is 18.3 Å². The highest BCUT2D eigenvalue weighted by molar-refractivity contribution is 7.91. The highest BCUT2D eigenvalue weighted by Crippen LogP contribution is 2.23. The normalized spacial score (nSPS) is 26.4.